The zero-order valence-electron chi connectivity index (χ0n) is 13.4. The number of nitrogens with zero attached hydrogens (tertiary/aromatic N) is 2. The standard InChI is InChI=1S/C18H21N2O3/c1-13(14-8-11-20(12-9-14)15-5-3-6-15)23-17-16(18(21)22-2)7-4-10-19-17/h4,7-13,15H,3,5-6H2,1-2H3/q+1. The van der Waals surface area contributed by atoms with Crippen molar-refractivity contribution in [3.63, 3.8) is 0 Å². The van der Waals surface area contributed by atoms with Crippen LogP contribution in [0.1, 0.15) is 54.3 Å². The number of carbonyl (C=O) groups is 1. The third-order valence-corrected chi connectivity index (χ3v) is 4.31. The highest BCUT2D eigenvalue weighted by Crippen LogP contribution is 2.27. The summed E-state index contributed by atoms with van der Waals surface area (Å²) in [5.74, 6) is -0.154. The Morgan fingerprint density at radius 2 is 2.04 bits per heavy atom. The van der Waals surface area contributed by atoms with Gasteiger partial charge in [-0.15, -0.1) is 0 Å². The van der Waals surface area contributed by atoms with Crippen LogP contribution in [0, 0.1) is 0 Å². The number of hydrogen-bond acceptors (Lipinski definition) is 4. The minimum absolute atomic E-state index is 0.204. The first-order valence-electron chi connectivity index (χ1n) is 7.89. The summed E-state index contributed by atoms with van der Waals surface area (Å²) < 4.78 is 12.9. The molecular weight excluding hydrogens is 292 g/mol. The van der Waals surface area contributed by atoms with Gasteiger partial charge in [-0.2, -0.15) is 0 Å². The maximum atomic E-state index is 11.8. The molecule has 1 aliphatic carbocycles. The van der Waals surface area contributed by atoms with Crippen LogP contribution in [0.3, 0.4) is 0 Å². The molecule has 1 fully saturated rings. The lowest BCUT2D eigenvalue weighted by atomic mass is 9.93. The first kappa shape index (κ1) is 15.5. The Morgan fingerprint density at radius 3 is 2.65 bits per heavy atom. The van der Waals surface area contributed by atoms with E-state index in [1.165, 1.54) is 26.4 Å². The SMILES string of the molecule is COC(=O)c1cccnc1OC(C)c1cc[n+](C2CCC2)cc1. The Morgan fingerprint density at radius 1 is 1.30 bits per heavy atom. The van der Waals surface area contributed by atoms with E-state index in [1.54, 1.807) is 18.3 Å². The van der Waals surface area contributed by atoms with Gasteiger partial charge in [-0.25, -0.2) is 14.3 Å². The van der Waals surface area contributed by atoms with Gasteiger partial charge in [0.25, 0.3) is 0 Å². The number of methoxy groups -OCH3 is 1. The topological polar surface area (TPSA) is 52.3 Å². The molecule has 0 amide bonds. The van der Waals surface area contributed by atoms with Crippen molar-refractivity contribution in [3.8, 4) is 5.88 Å². The summed E-state index contributed by atoms with van der Waals surface area (Å²) in [4.78, 5) is 15.9. The summed E-state index contributed by atoms with van der Waals surface area (Å²) >= 11 is 0. The third kappa shape index (κ3) is 3.33. The van der Waals surface area contributed by atoms with E-state index in [1.807, 2.05) is 6.92 Å². The largest absolute Gasteiger partial charge is 0.469 e. The zero-order valence-corrected chi connectivity index (χ0v) is 13.4. The first-order chi connectivity index (χ1) is 11.2. The molecule has 0 N–H and O–H groups in total. The van der Waals surface area contributed by atoms with Crippen LogP contribution in [-0.4, -0.2) is 18.1 Å². The molecule has 2 aromatic rings. The minimum atomic E-state index is -0.448. The van der Waals surface area contributed by atoms with Gasteiger partial charge in [-0.1, -0.05) is 0 Å². The summed E-state index contributed by atoms with van der Waals surface area (Å²) in [7, 11) is 1.35. The summed E-state index contributed by atoms with van der Waals surface area (Å²) in [6.45, 7) is 1.94. The lowest BCUT2D eigenvalue weighted by molar-refractivity contribution is -0.733. The zero-order chi connectivity index (χ0) is 16.2. The highest BCUT2D eigenvalue weighted by molar-refractivity contribution is 5.91. The molecular formula is C18H21N2O3+. The van der Waals surface area contributed by atoms with Crippen LogP contribution in [-0.2, 0) is 4.74 Å². The molecule has 1 aliphatic rings. The van der Waals surface area contributed by atoms with Crippen molar-refractivity contribution in [2.24, 2.45) is 0 Å². The van der Waals surface area contributed by atoms with Gasteiger partial charge in [0.05, 0.1) is 7.11 Å². The minimum Gasteiger partial charge on any atom is -0.469 e. The average molecular weight is 313 g/mol. The molecule has 1 unspecified atom stereocenters. The van der Waals surface area contributed by atoms with Gasteiger partial charge < -0.3 is 9.47 Å². The van der Waals surface area contributed by atoms with Gasteiger partial charge >= 0.3 is 5.97 Å². The quantitative estimate of drug-likeness (QED) is 0.629. The Bertz CT molecular complexity index is 681. The van der Waals surface area contributed by atoms with Gasteiger partial charge in [0.2, 0.25) is 5.88 Å². The molecule has 120 valence electrons. The van der Waals surface area contributed by atoms with Crippen molar-refractivity contribution in [1.82, 2.24) is 4.98 Å². The normalized spacial score (nSPS) is 15.6. The number of pyridine rings is 2. The lowest BCUT2D eigenvalue weighted by Gasteiger charge is -2.20. The highest BCUT2D eigenvalue weighted by Gasteiger charge is 2.26. The molecule has 5 heteroatoms. The number of rotatable bonds is 5. The van der Waals surface area contributed by atoms with E-state index in [0.717, 1.165) is 5.56 Å². The van der Waals surface area contributed by atoms with Crippen LogP contribution in [0.25, 0.3) is 0 Å². The van der Waals surface area contributed by atoms with Crippen LogP contribution in [0.2, 0.25) is 0 Å². The molecule has 1 atom stereocenters. The summed E-state index contributed by atoms with van der Waals surface area (Å²) in [6.07, 6.45) is 9.42. The molecule has 0 spiro atoms. The van der Waals surface area contributed by atoms with Gasteiger partial charge in [-0.05, 0) is 25.5 Å². The monoisotopic (exact) mass is 313 g/mol. The van der Waals surface area contributed by atoms with Crippen LogP contribution in [0.5, 0.6) is 5.88 Å². The number of carbonyl (C=O) groups excluding carboxylic acids is 1. The van der Waals surface area contributed by atoms with E-state index >= 15 is 0 Å². The second-order valence-electron chi connectivity index (χ2n) is 5.77. The van der Waals surface area contributed by atoms with Crippen molar-refractivity contribution in [2.45, 2.75) is 38.3 Å². The van der Waals surface area contributed by atoms with E-state index in [-0.39, 0.29) is 6.10 Å². The van der Waals surface area contributed by atoms with Crippen molar-refractivity contribution < 1.29 is 18.8 Å². The number of hydrogen-bond donors (Lipinski definition) is 0. The fourth-order valence-corrected chi connectivity index (χ4v) is 2.63. The Hall–Kier alpha value is -2.43. The molecule has 5 nitrogen and oxygen atoms in total. The third-order valence-electron chi connectivity index (χ3n) is 4.31. The van der Waals surface area contributed by atoms with E-state index in [2.05, 4.69) is 34.1 Å². The molecule has 0 radical (unpaired) electrons. The second-order valence-corrected chi connectivity index (χ2v) is 5.77. The van der Waals surface area contributed by atoms with E-state index in [4.69, 9.17) is 9.47 Å². The maximum absolute atomic E-state index is 11.8. The second kappa shape index (κ2) is 6.77. The summed E-state index contributed by atoms with van der Waals surface area (Å²) in [5.41, 5.74) is 1.38. The molecule has 0 aromatic carbocycles. The Labute approximate surface area is 135 Å². The van der Waals surface area contributed by atoms with Crippen LogP contribution in [0.4, 0.5) is 0 Å². The van der Waals surface area contributed by atoms with Crippen LogP contribution >= 0.6 is 0 Å². The van der Waals surface area contributed by atoms with Crippen LogP contribution in [0.15, 0.2) is 42.9 Å². The fraction of sp³-hybridized carbons (Fsp3) is 0.389. The van der Waals surface area contributed by atoms with Crippen molar-refractivity contribution in [3.05, 3.63) is 54.0 Å². The molecule has 0 saturated heterocycles. The molecule has 1 saturated carbocycles. The highest BCUT2D eigenvalue weighted by atomic mass is 16.5. The summed E-state index contributed by atoms with van der Waals surface area (Å²) in [6, 6.07) is 8.10. The summed E-state index contributed by atoms with van der Waals surface area (Å²) in [5, 5.41) is 0. The predicted octanol–water partition coefficient (Wildman–Crippen LogP) is 3.02. The number of esters is 1. The molecule has 0 bridgehead atoms. The van der Waals surface area contributed by atoms with Crippen LogP contribution < -0.4 is 9.30 Å². The fourth-order valence-electron chi connectivity index (χ4n) is 2.63. The van der Waals surface area contributed by atoms with E-state index < -0.39 is 5.97 Å². The molecule has 3 rings (SSSR count). The molecule has 0 aliphatic heterocycles. The van der Waals surface area contributed by atoms with Gasteiger partial charge in [-0.3, -0.25) is 0 Å². The Balaban J connectivity index is 1.74. The average Bonchev–Trinajstić information content (AvgIpc) is 2.53. The lowest BCUT2D eigenvalue weighted by Crippen LogP contribution is -2.42. The molecule has 2 heterocycles. The predicted molar refractivity (Wildman–Crippen MR) is 84.1 cm³/mol. The van der Waals surface area contributed by atoms with Gasteiger partial charge in [0, 0.05) is 36.7 Å². The Kier molecular flexibility index (Phi) is 4.55. The molecule has 23 heavy (non-hydrogen) atoms. The maximum Gasteiger partial charge on any atom is 0.343 e. The van der Waals surface area contributed by atoms with E-state index in [0.29, 0.717) is 17.5 Å². The number of aromatic nitrogens is 2. The molecule has 2 aromatic heterocycles. The van der Waals surface area contributed by atoms with E-state index in [9.17, 15) is 4.79 Å². The van der Waals surface area contributed by atoms with Crippen molar-refractivity contribution in [2.75, 3.05) is 7.11 Å². The van der Waals surface area contributed by atoms with Crippen molar-refractivity contribution >= 4 is 5.97 Å². The van der Waals surface area contributed by atoms with Gasteiger partial charge in [0.1, 0.15) is 11.7 Å². The van der Waals surface area contributed by atoms with Crippen molar-refractivity contribution in [1.29, 1.82) is 0 Å². The van der Waals surface area contributed by atoms with Gasteiger partial charge in [0.15, 0.2) is 18.4 Å². The number of ether oxygens (including phenoxy) is 2. The first-order valence-corrected chi connectivity index (χ1v) is 7.89. The smallest absolute Gasteiger partial charge is 0.343 e.